The highest BCUT2D eigenvalue weighted by Gasteiger charge is 2.14. The molecule has 0 aliphatic heterocycles. The van der Waals surface area contributed by atoms with E-state index >= 15 is 0 Å². The third kappa shape index (κ3) is 5.02. The van der Waals surface area contributed by atoms with E-state index in [-0.39, 0.29) is 4.90 Å². The van der Waals surface area contributed by atoms with Crippen LogP contribution in [0.2, 0.25) is 0 Å². The molecule has 114 valence electrons. The van der Waals surface area contributed by atoms with Crippen molar-refractivity contribution in [3.05, 3.63) is 18.2 Å². The van der Waals surface area contributed by atoms with E-state index in [0.29, 0.717) is 23.8 Å². The summed E-state index contributed by atoms with van der Waals surface area (Å²) in [7, 11) is -3.44. The number of rotatable bonds is 8. The van der Waals surface area contributed by atoms with Crippen molar-refractivity contribution in [2.24, 2.45) is 5.92 Å². The number of hydrogen-bond acceptors (Lipinski definition) is 4. The maximum absolute atomic E-state index is 11.9. The zero-order valence-corrected chi connectivity index (χ0v) is 13.3. The van der Waals surface area contributed by atoms with Crippen LogP contribution in [0.4, 0.5) is 11.4 Å². The van der Waals surface area contributed by atoms with Crippen molar-refractivity contribution in [1.29, 1.82) is 0 Å². The molecule has 1 aromatic rings. The van der Waals surface area contributed by atoms with Crippen molar-refractivity contribution in [3.8, 4) is 0 Å². The van der Waals surface area contributed by atoms with Gasteiger partial charge in [-0.05, 0) is 37.0 Å². The fraction of sp³-hybridized carbons (Fsp3) is 0.571. The summed E-state index contributed by atoms with van der Waals surface area (Å²) >= 11 is 0. The largest absolute Gasteiger partial charge is 0.397 e. The van der Waals surface area contributed by atoms with E-state index in [2.05, 4.69) is 23.9 Å². The van der Waals surface area contributed by atoms with Crippen molar-refractivity contribution in [3.63, 3.8) is 0 Å². The Morgan fingerprint density at radius 3 is 2.60 bits per heavy atom. The van der Waals surface area contributed by atoms with Crippen molar-refractivity contribution in [2.75, 3.05) is 24.1 Å². The molecule has 0 atom stereocenters. The highest BCUT2D eigenvalue weighted by molar-refractivity contribution is 7.89. The van der Waals surface area contributed by atoms with Gasteiger partial charge in [0.05, 0.1) is 16.3 Å². The average molecular weight is 299 g/mol. The Hall–Kier alpha value is -1.27. The molecule has 0 saturated heterocycles. The minimum atomic E-state index is -3.44. The molecule has 1 aromatic carbocycles. The number of nitrogens with two attached hydrogens (primary N) is 1. The van der Waals surface area contributed by atoms with Gasteiger partial charge in [-0.15, -0.1) is 0 Å². The van der Waals surface area contributed by atoms with E-state index in [9.17, 15) is 8.42 Å². The van der Waals surface area contributed by atoms with Crippen molar-refractivity contribution in [1.82, 2.24) is 4.72 Å². The van der Waals surface area contributed by atoms with Crippen LogP contribution in [0.15, 0.2) is 23.1 Å². The summed E-state index contributed by atoms with van der Waals surface area (Å²) in [5.41, 5.74) is 7.10. The van der Waals surface area contributed by atoms with Crippen LogP contribution in [0.1, 0.15) is 33.6 Å². The van der Waals surface area contributed by atoms with E-state index in [4.69, 9.17) is 5.73 Å². The Morgan fingerprint density at radius 2 is 2.00 bits per heavy atom. The lowest BCUT2D eigenvalue weighted by molar-refractivity contribution is 0.567. The molecule has 0 heterocycles. The monoisotopic (exact) mass is 299 g/mol. The van der Waals surface area contributed by atoms with Gasteiger partial charge in [-0.2, -0.15) is 0 Å². The number of hydrogen-bond donors (Lipinski definition) is 3. The number of anilines is 2. The first kappa shape index (κ1) is 16.8. The first-order valence-electron chi connectivity index (χ1n) is 7.00. The summed E-state index contributed by atoms with van der Waals surface area (Å²) in [5, 5.41) is 3.21. The second-order valence-electron chi connectivity index (χ2n) is 5.21. The fourth-order valence-electron chi connectivity index (χ4n) is 1.86. The molecule has 6 heteroatoms. The molecule has 1 rings (SSSR count). The highest BCUT2D eigenvalue weighted by atomic mass is 32.2. The molecule has 0 unspecified atom stereocenters. The van der Waals surface area contributed by atoms with E-state index in [1.54, 1.807) is 19.1 Å². The van der Waals surface area contributed by atoms with Gasteiger partial charge in [-0.1, -0.05) is 20.8 Å². The van der Waals surface area contributed by atoms with Crippen LogP contribution >= 0.6 is 0 Å². The number of sulfonamides is 1. The van der Waals surface area contributed by atoms with Crippen LogP contribution < -0.4 is 15.8 Å². The lowest BCUT2D eigenvalue weighted by atomic mass is 10.1. The number of nitrogens with one attached hydrogen (secondary N) is 2. The maximum Gasteiger partial charge on any atom is 0.240 e. The first-order valence-corrected chi connectivity index (χ1v) is 8.48. The van der Waals surface area contributed by atoms with Crippen molar-refractivity contribution >= 4 is 21.4 Å². The Morgan fingerprint density at radius 1 is 1.30 bits per heavy atom. The summed E-state index contributed by atoms with van der Waals surface area (Å²) in [6, 6.07) is 4.73. The third-order valence-corrected chi connectivity index (χ3v) is 4.49. The molecule has 0 aliphatic carbocycles. The van der Waals surface area contributed by atoms with Crippen LogP contribution in [0.3, 0.4) is 0 Å². The Kier molecular flexibility index (Phi) is 6.29. The second kappa shape index (κ2) is 7.50. The van der Waals surface area contributed by atoms with Gasteiger partial charge in [0.15, 0.2) is 0 Å². The van der Waals surface area contributed by atoms with Crippen LogP contribution in [0.25, 0.3) is 0 Å². The minimum Gasteiger partial charge on any atom is -0.397 e. The van der Waals surface area contributed by atoms with Gasteiger partial charge >= 0.3 is 0 Å². The summed E-state index contributed by atoms with van der Waals surface area (Å²) < 4.78 is 26.3. The van der Waals surface area contributed by atoms with E-state index in [0.717, 1.165) is 19.4 Å². The smallest absolute Gasteiger partial charge is 0.240 e. The van der Waals surface area contributed by atoms with Gasteiger partial charge in [-0.25, -0.2) is 13.1 Å². The molecule has 0 radical (unpaired) electrons. The second-order valence-corrected chi connectivity index (χ2v) is 6.98. The predicted molar refractivity (Wildman–Crippen MR) is 84.3 cm³/mol. The summed E-state index contributed by atoms with van der Waals surface area (Å²) in [6.45, 7) is 7.26. The summed E-state index contributed by atoms with van der Waals surface area (Å²) in [4.78, 5) is 0.236. The molecule has 0 bridgehead atoms. The Bertz CT molecular complexity index is 527. The lowest BCUT2D eigenvalue weighted by Crippen LogP contribution is -2.23. The van der Waals surface area contributed by atoms with E-state index in [1.165, 1.54) is 6.07 Å². The topological polar surface area (TPSA) is 84.2 Å². The van der Waals surface area contributed by atoms with Crippen molar-refractivity contribution in [2.45, 2.75) is 38.5 Å². The molecular formula is C14H25N3O2S. The first-order chi connectivity index (χ1) is 9.36. The fourth-order valence-corrected chi connectivity index (χ4v) is 2.93. The standard InChI is InChI=1S/C14H25N3O2S/c1-4-17-20(18,19)12-7-8-13(15)14(10-12)16-9-5-6-11(2)3/h7-8,10-11,16-17H,4-6,9,15H2,1-3H3. The normalized spacial score (nSPS) is 11.8. The molecular weight excluding hydrogens is 274 g/mol. The lowest BCUT2D eigenvalue weighted by Gasteiger charge is -2.12. The molecule has 0 amide bonds. The number of nitrogen functional groups attached to an aromatic ring is 1. The zero-order chi connectivity index (χ0) is 15.2. The minimum absolute atomic E-state index is 0.236. The quantitative estimate of drug-likeness (QED) is 0.508. The summed E-state index contributed by atoms with van der Waals surface area (Å²) in [5.74, 6) is 0.662. The average Bonchev–Trinajstić information content (AvgIpc) is 2.36. The maximum atomic E-state index is 11.9. The van der Waals surface area contributed by atoms with Crippen LogP contribution in [0, 0.1) is 5.92 Å². The van der Waals surface area contributed by atoms with E-state index in [1.807, 2.05) is 0 Å². The molecule has 0 aromatic heterocycles. The number of benzene rings is 1. The Balaban J connectivity index is 2.77. The predicted octanol–water partition coefficient (Wildman–Crippen LogP) is 2.42. The van der Waals surface area contributed by atoms with Crippen LogP contribution in [0.5, 0.6) is 0 Å². The van der Waals surface area contributed by atoms with Gasteiger partial charge in [0, 0.05) is 13.1 Å². The van der Waals surface area contributed by atoms with Gasteiger partial charge in [0.25, 0.3) is 0 Å². The van der Waals surface area contributed by atoms with Gasteiger partial charge in [0.2, 0.25) is 10.0 Å². The van der Waals surface area contributed by atoms with Gasteiger partial charge in [0.1, 0.15) is 0 Å². The zero-order valence-electron chi connectivity index (χ0n) is 12.4. The van der Waals surface area contributed by atoms with Crippen LogP contribution in [-0.2, 0) is 10.0 Å². The third-order valence-electron chi connectivity index (χ3n) is 2.94. The Labute approximate surface area is 122 Å². The molecule has 4 N–H and O–H groups in total. The molecule has 0 saturated carbocycles. The van der Waals surface area contributed by atoms with Crippen LogP contribution in [-0.4, -0.2) is 21.5 Å². The molecule has 20 heavy (non-hydrogen) atoms. The molecule has 0 spiro atoms. The highest BCUT2D eigenvalue weighted by Crippen LogP contribution is 2.23. The SMILES string of the molecule is CCNS(=O)(=O)c1ccc(N)c(NCCCC(C)C)c1. The van der Waals surface area contributed by atoms with Gasteiger partial charge in [-0.3, -0.25) is 0 Å². The molecule has 0 fully saturated rings. The van der Waals surface area contributed by atoms with Crippen molar-refractivity contribution < 1.29 is 8.42 Å². The summed E-state index contributed by atoms with van der Waals surface area (Å²) in [6.07, 6.45) is 2.16. The van der Waals surface area contributed by atoms with Gasteiger partial charge < -0.3 is 11.1 Å². The molecule has 0 aliphatic rings. The van der Waals surface area contributed by atoms with E-state index < -0.39 is 10.0 Å². The molecule has 5 nitrogen and oxygen atoms in total.